The van der Waals surface area contributed by atoms with Crippen LogP contribution in [0.3, 0.4) is 0 Å². The summed E-state index contributed by atoms with van der Waals surface area (Å²) in [7, 11) is 0. The van der Waals surface area contributed by atoms with Crippen molar-refractivity contribution < 1.29 is 9.53 Å². The van der Waals surface area contributed by atoms with Gasteiger partial charge in [0.05, 0.1) is 0 Å². The minimum atomic E-state index is -0.125. The van der Waals surface area contributed by atoms with E-state index < -0.39 is 0 Å². The molecule has 0 spiro atoms. The average Bonchev–Trinajstić information content (AvgIpc) is 2.23. The molecule has 0 aromatic heterocycles. The fraction of sp³-hybridized carbons (Fsp3) is 0.812. The van der Waals surface area contributed by atoms with Crippen LogP contribution in [0.25, 0.3) is 0 Å². The largest absolute Gasteiger partial charge is 0.456 e. The fourth-order valence-corrected chi connectivity index (χ4v) is 5.14. The van der Waals surface area contributed by atoms with Crippen LogP contribution in [0.4, 0.5) is 0 Å². The number of hydrogen-bond donors (Lipinski definition) is 0. The molecule has 4 fully saturated rings. The van der Waals surface area contributed by atoms with E-state index in [0.29, 0.717) is 5.41 Å². The van der Waals surface area contributed by atoms with Crippen molar-refractivity contribution in [3.8, 4) is 0 Å². The van der Waals surface area contributed by atoms with Gasteiger partial charge in [-0.2, -0.15) is 0 Å². The number of carbonyl (C=O) groups excluding carboxylic acids is 1. The Hall–Kier alpha value is -0.790. The highest BCUT2D eigenvalue weighted by Gasteiger charge is 2.57. The van der Waals surface area contributed by atoms with E-state index >= 15 is 0 Å². The zero-order valence-electron chi connectivity index (χ0n) is 11.8. The molecule has 18 heavy (non-hydrogen) atoms. The van der Waals surface area contributed by atoms with Gasteiger partial charge in [-0.25, -0.2) is 4.79 Å². The topological polar surface area (TPSA) is 26.3 Å². The molecule has 4 saturated carbocycles. The van der Waals surface area contributed by atoms with E-state index in [-0.39, 0.29) is 11.6 Å². The highest BCUT2D eigenvalue weighted by atomic mass is 16.6. The van der Waals surface area contributed by atoms with Gasteiger partial charge < -0.3 is 4.74 Å². The van der Waals surface area contributed by atoms with Crippen molar-refractivity contribution in [3.05, 3.63) is 11.6 Å². The standard InChI is InChI=1S/C16H24O2/c1-4-11(2)14(17)18-16-8-12-5-13(9-16)7-15(3,6-12)10-16/h4,12-13H,5-10H2,1-3H3. The lowest BCUT2D eigenvalue weighted by Crippen LogP contribution is -2.56. The van der Waals surface area contributed by atoms with Crippen molar-refractivity contribution in [2.75, 3.05) is 0 Å². The van der Waals surface area contributed by atoms with Crippen molar-refractivity contribution >= 4 is 5.97 Å². The van der Waals surface area contributed by atoms with E-state index in [0.717, 1.165) is 36.7 Å². The minimum absolute atomic E-state index is 0.0944. The van der Waals surface area contributed by atoms with Crippen molar-refractivity contribution in [1.82, 2.24) is 0 Å². The van der Waals surface area contributed by atoms with E-state index in [2.05, 4.69) is 6.92 Å². The lowest BCUT2D eigenvalue weighted by molar-refractivity contribution is -0.195. The van der Waals surface area contributed by atoms with Crippen molar-refractivity contribution in [2.45, 2.75) is 64.9 Å². The van der Waals surface area contributed by atoms with Crippen molar-refractivity contribution in [3.63, 3.8) is 0 Å². The minimum Gasteiger partial charge on any atom is -0.456 e. The SMILES string of the molecule is CC=C(C)C(=O)OC12CC3CC(CC(C)(C3)C1)C2. The summed E-state index contributed by atoms with van der Waals surface area (Å²) in [4.78, 5) is 12.1. The average molecular weight is 248 g/mol. The molecular weight excluding hydrogens is 224 g/mol. The Kier molecular flexibility index (Phi) is 2.62. The zero-order chi connectivity index (χ0) is 13.0. The first-order valence-electron chi connectivity index (χ1n) is 7.30. The Morgan fingerprint density at radius 1 is 1.22 bits per heavy atom. The molecule has 4 aliphatic rings. The number of hydrogen-bond acceptors (Lipinski definition) is 2. The Balaban J connectivity index is 1.81. The quantitative estimate of drug-likeness (QED) is 0.548. The third-order valence-corrected chi connectivity index (χ3v) is 5.36. The smallest absolute Gasteiger partial charge is 0.333 e. The van der Waals surface area contributed by atoms with Crippen LogP contribution in [0.15, 0.2) is 11.6 Å². The highest BCUT2D eigenvalue weighted by Crippen LogP contribution is 2.62. The second-order valence-corrected chi connectivity index (χ2v) is 7.32. The van der Waals surface area contributed by atoms with Gasteiger partial charge in [0.15, 0.2) is 0 Å². The third kappa shape index (κ3) is 1.90. The number of allylic oxidation sites excluding steroid dienone is 1. The van der Waals surface area contributed by atoms with Crippen LogP contribution in [0, 0.1) is 17.3 Å². The molecule has 2 unspecified atom stereocenters. The first-order valence-corrected chi connectivity index (χ1v) is 7.30. The maximum atomic E-state index is 12.1. The van der Waals surface area contributed by atoms with E-state index in [1.165, 1.54) is 19.3 Å². The van der Waals surface area contributed by atoms with Gasteiger partial charge >= 0.3 is 5.97 Å². The maximum Gasteiger partial charge on any atom is 0.333 e. The molecule has 0 amide bonds. The van der Waals surface area contributed by atoms with E-state index in [1.807, 2.05) is 19.9 Å². The van der Waals surface area contributed by atoms with Crippen LogP contribution in [-0.4, -0.2) is 11.6 Å². The van der Waals surface area contributed by atoms with E-state index in [1.54, 1.807) is 0 Å². The van der Waals surface area contributed by atoms with Crippen LogP contribution < -0.4 is 0 Å². The molecule has 0 saturated heterocycles. The van der Waals surface area contributed by atoms with Gasteiger partial charge in [0.2, 0.25) is 0 Å². The van der Waals surface area contributed by atoms with Crippen molar-refractivity contribution in [2.24, 2.45) is 17.3 Å². The molecule has 0 N–H and O–H groups in total. The summed E-state index contributed by atoms with van der Waals surface area (Å²) in [6.45, 7) is 6.15. The van der Waals surface area contributed by atoms with Gasteiger partial charge in [0.1, 0.15) is 5.60 Å². The highest BCUT2D eigenvalue weighted by molar-refractivity contribution is 5.88. The van der Waals surface area contributed by atoms with Gasteiger partial charge in [-0.1, -0.05) is 13.0 Å². The predicted molar refractivity (Wildman–Crippen MR) is 71.0 cm³/mol. The summed E-state index contributed by atoms with van der Waals surface area (Å²) in [5.74, 6) is 1.51. The van der Waals surface area contributed by atoms with Gasteiger partial charge in [-0.05, 0) is 69.6 Å². The molecule has 2 nitrogen and oxygen atoms in total. The summed E-state index contributed by atoms with van der Waals surface area (Å²) in [5.41, 5.74) is 1.06. The molecule has 0 radical (unpaired) electrons. The van der Waals surface area contributed by atoms with Crippen LogP contribution in [-0.2, 0) is 9.53 Å². The first kappa shape index (κ1) is 12.3. The van der Waals surface area contributed by atoms with Crippen molar-refractivity contribution in [1.29, 1.82) is 0 Å². The monoisotopic (exact) mass is 248 g/mol. The summed E-state index contributed by atoms with van der Waals surface area (Å²) in [6, 6.07) is 0. The number of esters is 1. The van der Waals surface area contributed by atoms with Gasteiger partial charge in [-0.15, -0.1) is 0 Å². The van der Waals surface area contributed by atoms with Gasteiger partial charge in [0.25, 0.3) is 0 Å². The van der Waals surface area contributed by atoms with E-state index in [9.17, 15) is 4.79 Å². The molecule has 2 heteroatoms. The molecule has 0 aromatic carbocycles. The van der Waals surface area contributed by atoms with E-state index in [4.69, 9.17) is 4.74 Å². The molecule has 0 heterocycles. The molecule has 0 aromatic rings. The number of ether oxygens (including phenoxy) is 1. The lowest BCUT2D eigenvalue weighted by atomic mass is 9.48. The predicted octanol–water partition coefficient (Wildman–Crippen LogP) is 3.85. The summed E-state index contributed by atoms with van der Waals surface area (Å²) in [6.07, 6.45) is 9.25. The Morgan fingerprint density at radius 3 is 2.33 bits per heavy atom. The molecule has 4 bridgehead atoms. The molecule has 100 valence electrons. The summed E-state index contributed by atoms with van der Waals surface area (Å²) >= 11 is 0. The van der Waals surface area contributed by atoms with Gasteiger partial charge in [0, 0.05) is 5.57 Å². The Bertz CT molecular complexity index is 393. The summed E-state index contributed by atoms with van der Waals surface area (Å²) in [5, 5.41) is 0. The Labute approximate surface area is 110 Å². The number of rotatable bonds is 2. The third-order valence-electron chi connectivity index (χ3n) is 5.36. The second kappa shape index (κ2) is 3.85. The van der Waals surface area contributed by atoms with Crippen LogP contribution in [0.2, 0.25) is 0 Å². The molecule has 4 aliphatic carbocycles. The number of carbonyl (C=O) groups is 1. The fourth-order valence-electron chi connectivity index (χ4n) is 5.14. The molecule has 4 rings (SSSR count). The van der Waals surface area contributed by atoms with Crippen LogP contribution >= 0.6 is 0 Å². The first-order chi connectivity index (χ1) is 8.44. The zero-order valence-corrected chi connectivity index (χ0v) is 11.8. The molecular formula is C16H24O2. The summed E-state index contributed by atoms with van der Waals surface area (Å²) < 4.78 is 5.96. The normalized spacial score (nSPS) is 46.3. The molecule has 0 aliphatic heterocycles. The van der Waals surface area contributed by atoms with Crippen LogP contribution in [0.5, 0.6) is 0 Å². The maximum absolute atomic E-state index is 12.1. The molecule has 2 atom stereocenters. The second-order valence-electron chi connectivity index (χ2n) is 7.32. The lowest BCUT2D eigenvalue weighted by Gasteiger charge is -2.60. The van der Waals surface area contributed by atoms with Gasteiger partial charge in [-0.3, -0.25) is 0 Å². The Morgan fingerprint density at radius 2 is 1.83 bits per heavy atom. The van der Waals surface area contributed by atoms with Crippen LogP contribution in [0.1, 0.15) is 59.3 Å².